The first kappa shape index (κ1) is 17.7. The van der Waals surface area contributed by atoms with Crippen LogP contribution in [0.4, 0.5) is 0 Å². The zero-order valence-electron chi connectivity index (χ0n) is 15.5. The first-order chi connectivity index (χ1) is 13.2. The third kappa shape index (κ3) is 4.02. The lowest BCUT2D eigenvalue weighted by molar-refractivity contribution is -0.140. The summed E-state index contributed by atoms with van der Waals surface area (Å²) in [6, 6.07) is 9.94. The molecule has 1 saturated heterocycles. The molecular formula is C20H25N5O2. The zero-order chi connectivity index (χ0) is 18.6. The highest BCUT2D eigenvalue weighted by Crippen LogP contribution is 2.17. The van der Waals surface area contributed by atoms with Gasteiger partial charge in [-0.05, 0) is 12.8 Å². The molecule has 0 unspecified atom stereocenters. The second-order valence-corrected chi connectivity index (χ2v) is 7.20. The van der Waals surface area contributed by atoms with Crippen LogP contribution in [0.3, 0.4) is 0 Å². The fraction of sp³-hybridized carbons (Fsp3) is 0.500. The predicted molar refractivity (Wildman–Crippen MR) is 101 cm³/mol. The van der Waals surface area contributed by atoms with Crippen molar-refractivity contribution in [2.75, 3.05) is 26.2 Å². The average molecular weight is 367 g/mol. The summed E-state index contributed by atoms with van der Waals surface area (Å²) in [5, 5.41) is 4.62. The van der Waals surface area contributed by atoms with Gasteiger partial charge < -0.3 is 9.80 Å². The highest BCUT2D eigenvalue weighted by molar-refractivity contribution is 5.85. The van der Waals surface area contributed by atoms with Gasteiger partial charge in [0.25, 0.3) is 0 Å². The van der Waals surface area contributed by atoms with Crippen molar-refractivity contribution in [1.82, 2.24) is 24.6 Å². The summed E-state index contributed by atoms with van der Waals surface area (Å²) in [6.07, 6.45) is 4.23. The zero-order valence-corrected chi connectivity index (χ0v) is 15.5. The van der Waals surface area contributed by atoms with Crippen molar-refractivity contribution in [3.05, 3.63) is 36.2 Å². The van der Waals surface area contributed by atoms with Crippen LogP contribution in [0.1, 0.15) is 31.5 Å². The van der Waals surface area contributed by atoms with Crippen molar-refractivity contribution in [2.24, 2.45) is 0 Å². The topological polar surface area (TPSA) is 71.3 Å². The number of nitrogens with zero attached hydrogens (tertiary/aromatic N) is 5. The summed E-state index contributed by atoms with van der Waals surface area (Å²) in [7, 11) is 0. The second kappa shape index (κ2) is 7.90. The van der Waals surface area contributed by atoms with Gasteiger partial charge in [0.05, 0.1) is 13.1 Å². The standard InChI is InChI=1S/C20H25N5O2/c26-18-9-5-2-6-11-24(18)15-19(27)23-12-10-17-21-20(22-25(17)14-13-23)16-7-3-1-4-8-16/h1,3-4,7-8H,2,5-6,9-15H2. The second-order valence-electron chi connectivity index (χ2n) is 7.20. The van der Waals surface area contributed by atoms with E-state index in [2.05, 4.69) is 10.1 Å². The number of fused-ring (bicyclic) bond motifs is 1. The van der Waals surface area contributed by atoms with Gasteiger partial charge in [0.1, 0.15) is 5.82 Å². The molecule has 2 aromatic rings. The largest absolute Gasteiger partial charge is 0.339 e. The fourth-order valence-corrected chi connectivity index (χ4v) is 3.73. The number of carbonyl (C=O) groups excluding carboxylic acids is 2. The molecule has 7 nitrogen and oxygen atoms in total. The summed E-state index contributed by atoms with van der Waals surface area (Å²) in [6.45, 7) is 2.75. The summed E-state index contributed by atoms with van der Waals surface area (Å²) in [5.74, 6) is 1.78. The van der Waals surface area contributed by atoms with Gasteiger partial charge in [-0.25, -0.2) is 9.67 Å². The van der Waals surface area contributed by atoms with E-state index in [9.17, 15) is 9.59 Å². The van der Waals surface area contributed by atoms with Crippen LogP contribution in [-0.4, -0.2) is 62.6 Å². The Bertz CT molecular complexity index is 792. The van der Waals surface area contributed by atoms with Crippen molar-refractivity contribution in [2.45, 2.75) is 38.6 Å². The van der Waals surface area contributed by atoms with Crippen LogP contribution in [0.5, 0.6) is 0 Å². The third-order valence-electron chi connectivity index (χ3n) is 5.32. The van der Waals surface area contributed by atoms with Gasteiger partial charge in [-0.1, -0.05) is 36.8 Å². The van der Waals surface area contributed by atoms with Crippen LogP contribution in [-0.2, 0) is 22.6 Å². The maximum atomic E-state index is 12.7. The molecule has 0 spiro atoms. The maximum Gasteiger partial charge on any atom is 0.242 e. The lowest BCUT2D eigenvalue weighted by atomic mass is 10.2. The molecule has 4 rings (SSSR count). The molecule has 2 amide bonds. The molecule has 1 aromatic carbocycles. The minimum Gasteiger partial charge on any atom is -0.339 e. The highest BCUT2D eigenvalue weighted by Gasteiger charge is 2.25. The van der Waals surface area contributed by atoms with Crippen LogP contribution < -0.4 is 0 Å². The lowest BCUT2D eigenvalue weighted by Gasteiger charge is -2.25. The Morgan fingerprint density at radius 2 is 1.81 bits per heavy atom. The maximum absolute atomic E-state index is 12.7. The van der Waals surface area contributed by atoms with Crippen molar-refractivity contribution in [3.63, 3.8) is 0 Å². The summed E-state index contributed by atoms with van der Waals surface area (Å²) < 4.78 is 1.91. The fourth-order valence-electron chi connectivity index (χ4n) is 3.73. The Morgan fingerprint density at radius 3 is 2.67 bits per heavy atom. The van der Waals surface area contributed by atoms with Crippen LogP contribution in [0, 0.1) is 0 Å². The Hall–Kier alpha value is -2.70. The van der Waals surface area contributed by atoms with Gasteiger partial charge in [-0.2, -0.15) is 5.10 Å². The van der Waals surface area contributed by atoms with E-state index in [1.165, 1.54) is 0 Å². The Morgan fingerprint density at radius 1 is 0.963 bits per heavy atom. The molecule has 0 bridgehead atoms. The normalized spacial score (nSPS) is 18.0. The smallest absolute Gasteiger partial charge is 0.242 e. The number of rotatable bonds is 3. The highest BCUT2D eigenvalue weighted by atomic mass is 16.2. The van der Waals surface area contributed by atoms with E-state index >= 15 is 0 Å². The number of carbonyl (C=O) groups is 2. The van der Waals surface area contributed by atoms with E-state index < -0.39 is 0 Å². The van der Waals surface area contributed by atoms with Crippen LogP contribution in [0.2, 0.25) is 0 Å². The van der Waals surface area contributed by atoms with Gasteiger partial charge in [0, 0.05) is 38.0 Å². The summed E-state index contributed by atoms with van der Waals surface area (Å²) >= 11 is 0. The number of benzene rings is 1. The molecule has 3 heterocycles. The van der Waals surface area contributed by atoms with Gasteiger partial charge in [-0.3, -0.25) is 9.59 Å². The molecule has 0 radical (unpaired) electrons. The molecule has 2 aliphatic rings. The van der Waals surface area contributed by atoms with E-state index in [1.54, 1.807) is 4.90 Å². The van der Waals surface area contributed by atoms with E-state index in [1.807, 2.05) is 39.9 Å². The first-order valence-electron chi connectivity index (χ1n) is 9.75. The number of hydrogen-bond donors (Lipinski definition) is 0. The molecule has 142 valence electrons. The van der Waals surface area contributed by atoms with Gasteiger partial charge in [-0.15, -0.1) is 0 Å². The third-order valence-corrected chi connectivity index (χ3v) is 5.32. The minimum absolute atomic E-state index is 0.0271. The minimum atomic E-state index is 0.0271. The number of amides is 2. The van der Waals surface area contributed by atoms with E-state index in [0.717, 1.165) is 36.5 Å². The molecular weight excluding hydrogens is 342 g/mol. The summed E-state index contributed by atoms with van der Waals surface area (Å²) in [4.78, 5) is 33.1. The molecule has 0 N–H and O–H groups in total. The molecule has 0 aliphatic carbocycles. The molecule has 0 atom stereocenters. The van der Waals surface area contributed by atoms with Crippen molar-refractivity contribution in [3.8, 4) is 11.4 Å². The summed E-state index contributed by atoms with van der Waals surface area (Å²) in [5.41, 5.74) is 1.01. The Labute approximate surface area is 159 Å². The number of likely N-dealkylation sites (tertiary alicyclic amines) is 1. The van der Waals surface area contributed by atoms with Crippen molar-refractivity contribution < 1.29 is 9.59 Å². The molecule has 7 heteroatoms. The molecule has 27 heavy (non-hydrogen) atoms. The average Bonchev–Trinajstić information content (AvgIpc) is 2.85. The van der Waals surface area contributed by atoms with Crippen molar-refractivity contribution in [1.29, 1.82) is 0 Å². The Kier molecular flexibility index (Phi) is 5.18. The monoisotopic (exact) mass is 367 g/mol. The quantitative estimate of drug-likeness (QED) is 0.828. The SMILES string of the molecule is O=C(CN1CCCCCC1=O)N1CCc2nc(-c3ccccc3)nn2CC1. The molecule has 0 saturated carbocycles. The predicted octanol–water partition coefficient (Wildman–Crippen LogP) is 1.73. The molecule has 2 aliphatic heterocycles. The lowest BCUT2D eigenvalue weighted by Crippen LogP contribution is -2.43. The van der Waals surface area contributed by atoms with E-state index in [4.69, 9.17) is 0 Å². The van der Waals surface area contributed by atoms with Crippen molar-refractivity contribution >= 4 is 11.8 Å². The van der Waals surface area contributed by atoms with Gasteiger partial charge in [0.2, 0.25) is 11.8 Å². The Balaban J connectivity index is 1.39. The first-order valence-corrected chi connectivity index (χ1v) is 9.75. The van der Waals surface area contributed by atoms with Crippen LogP contribution in [0.15, 0.2) is 30.3 Å². The van der Waals surface area contributed by atoms with Gasteiger partial charge >= 0.3 is 0 Å². The van der Waals surface area contributed by atoms with Crippen LogP contribution in [0.25, 0.3) is 11.4 Å². The van der Waals surface area contributed by atoms with E-state index in [-0.39, 0.29) is 18.4 Å². The molecule has 1 fully saturated rings. The molecule has 1 aromatic heterocycles. The van der Waals surface area contributed by atoms with E-state index in [0.29, 0.717) is 39.0 Å². The van der Waals surface area contributed by atoms with Crippen LogP contribution >= 0.6 is 0 Å². The van der Waals surface area contributed by atoms with Gasteiger partial charge in [0.15, 0.2) is 5.82 Å². The number of aromatic nitrogens is 3. The number of hydrogen-bond acceptors (Lipinski definition) is 4.